The normalized spacial score (nSPS) is 19.6. The van der Waals surface area contributed by atoms with E-state index in [2.05, 4.69) is 5.32 Å². The molecule has 0 spiro atoms. The molecule has 162 valence electrons. The number of benzene rings is 2. The van der Waals surface area contributed by atoms with Crippen molar-refractivity contribution in [1.82, 2.24) is 9.62 Å². The van der Waals surface area contributed by atoms with E-state index in [0.717, 1.165) is 18.4 Å². The van der Waals surface area contributed by atoms with Gasteiger partial charge in [-0.1, -0.05) is 25.5 Å². The zero-order valence-electron chi connectivity index (χ0n) is 17.2. The van der Waals surface area contributed by atoms with E-state index in [0.29, 0.717) is 12.3 Å². The second-order valence-corrected chi connectivity index (χ2v) is 9.34. The number of hydrogen-bond acceptors (Lipinski definition) is 4. The zero-order chi connectivity index (χ0) is 21.7. The van der Waals surface area contributed by atoms with Gasteiger partial charge >= 0.3 is 0 Å². The molecule has 3 rings (SSSR count). The van der Waals surface area contributed by atoms with Crippen LogP contribution in [0.2, 0.25) is 0 Å². The third kappa shape index (κ3) is 4.82. The lowest BCUT2D eigenvalue weighted by molar-refractivity contribution is -0.124. The number of carbonyl (C=O) groups excluding carboxylic acids is 1. The number of nitrogens with one attached hydrogen (secondary N) is 1. The molecule has 2 unspecified atom stereocenters. The molecule has 1 aliphatic rings. The molecule has 2 aromatic carbocycles. The molecule has 8 heteroatoms. The minimum absolute atomic E-state index is 0.0777. The summed E-state index contributed by atoms with van der Waals surface area (Å²) in [6.45, 7) is 2.82. The highest BCUT2D eigenvalue weighted by Crippen LogP contribution is 2.36. The lowest BCUT2D eigenvalue weighted by atomic mass is 9.88. The molecular formula is C22H27FN2O4S. The van der Waals surface area contributed by atoms with Gasteiger partial charge in [0.05, 0.1) is 17.9 Å². The highest BCUT2D eigenvalue weighted by molar-refractivity contribution is 7.89. The number of ether oxygens (including phenoxy) is 1. The average molecular weight is 435 g/mol. The van der Waals surface area contributed by atoms with Crippen molar-refractivity contribution in [2.24, 2.45) is 5.92 Å². The number of halogens is 1. The third-order valence-corrected chi connectivity index (χ3v) is 7.29. The van der Waals surface area contributed by atoms with Gasteiger partial charge in [-0.25, -0.2) is 12.8 Å². The van der Waals surface area contributed by atoms with E-state index in [-0.39, 0.29) is 35.6 Å². The van der Waals surface area contributed by atoms with Crippen LogP contribution in [0.4, 0.5) is 4.39 Å². The fourth-order valence-electron chi connectivity index (χ4n) is 3.69. The van der Waals surface area contributed by atoms with Crippen LogP contribution < -0.4 is 10.1 Å². The molecule has 0 radical (unpaired) electrons. The van der Waals surface area contributed by atoms with Crippen molar-refractivity contribution in [3.8, 4) is 5.75 Å². The van der Waals surface area contributed by atoms with Gasteiger partial charge in [-0.05, 0) is 48.4 Å². The molecule has 1 saturated heterocycles. The topological polar surface area (TPSA) is 75.7 Å². The second kappa shape index (κ2) is 9.57. The number of unbranched alkanes of at least 4 members (excludes halogenated alkanes) is 1. The summed E-state index contributed by atoms with van der Waals surface area (Å²) in [7, 11) is -2.27. The Labute approximate surface area is 177 Å². The zero-order valence-corrected chi connectivity index (χ0v) is 18.0. The van der Waals surface area contributed by atoms with Gasteiger partial charge in [-0.2, -0.15) is 4.31 Å². The second-order valence-electron chi connectivity index (χ2n) is 7.41. The largest absolute Gasteiger partial charge is 0.497 e. The summed E-state index contributed by atoms with van der Waals surface area (Å²) < 4.78 is 46.2. The fraction of sp³-hybridized carbons (Fsp3) is 0.409. The van der Waals surface area contributed by atoms with Crippen LogP contribution in [-0.2, 0) is 14.8 Å². The van der Waals surface area contributed by atoms with E-state index in [1.807, 2.05) is 6.92 Å². The van der Waals surface area contributed by atoms with Crippen LogP contribution in [0.15, 0.2) is 53.4 Å². The van der Waals surface area contributed by atoms with Crippen LogP contribution in [0, 0.1) is 11.7 Å². The first kappa shape index (κ1) is 22.2. The highest BCUT2D eigenvalue weighted by atomic mass is 32.2. The number of carbonyl (C=O) groups is 1. The molecule has 6 nitrogen and oxygen atoms in total. The van der Waals surface area contributed by atoms with E-state index in [1.165, 1.54) is 35.7 Å². The summed E-state index contributed by atoms with van der Waals surface area (Å²) >= 11 is 0. The number of hydrogen-bond donors (Lipinski definition) is 1. The van der Waals surface area contributed by atoms with Gasteiger partial charge < -0.3 is 10.1 Å². The molecule has 2 atom stereocenters. The van der Waals surface area contributed by atoms with Crippen molar-refractivity contribution in [3.63, 3.8) is 0 Å². The van der Waals surface area contributed by atoms with E-state index in [4.69, 9.17) is 4.74 Å². The van der Waals surface area contributed by atoms with Crippen LogP contribution >= 0.6 is 0 Å². The predicted octanol–water partition coefficient (Wildman–Crippen LogP) is 3.15. The predicted molar refractivity (Wildman–Crippen MR) is 112 cm³/mol. The highest BCUT2D eigenvalue weighted by Gasteiger charge is 2.43. The Morgan fingerprint density at radius 3 is 2.40 bits per heavy atom. The number of sulfonamides is 1. The van der Waals surface area contributed by atoms with E-state index < -0.39 is 15.9 Å². The number of methoxy groups -OCH3 is 1. The molecule has 0 aromatic heterocycles. The molecule has 2 aromatic rings. The summed E-state index contributed by atoms with van der Waals surface area (Å²) in [5.74, 6) is -0.873. The van der Waals surface area contributed by atoms with Crippen molar-refractivity contribution < 1.29 is 22.3 Å². The number of amides is 1. The van der Waals surface area contributed by atoms with E-state index in [1.54, 1.807) is 24.3 Å². The molecule has 0 saturated carbocycles. The number of rotatable bonds is 8. The summed E-state index contributed by atoms with van der Waals surface area (Å²) in [6.07, 6.45) is 1.80. The Bertz CT molecular complexity index is 962. The Balaban J connectivity index is 1.87. The molecular weight excluding hydrogens is 407 g/mol. The van der Waals surface area contributed by atoms with Gasteiger partial charge in [0, 0.05) is 25.6 Å². The Hall–Kier alpha value is -2.45. The van der Waals surface area contributed by atoms with Crippen LogP contribution in [0.5, 0.6) is 5.75 Å². The van der Waals surface area contributed by atoms with Gasteiger partial charge in [0.15, 0.2) is 0 Å². The molecule has 1 amide bonds. The molecule has 1 N–H and O–H groups in total. The Morgan fingerprint density at radius 2 is 1.80 bits per heavy atom. The lowest BCUT2D eigenvalue weighted by Crippen LogP contribution is -2.36. The van der Waals surface area contributed by atoms with Gasteiger partial charge in [0.2, 0.25) is 15.9 Å². The van der Waals surface area contributed by atoms with Gasteiger partial charge in [-0.3, -0.25) is 4.79 Å². The van der Waals surface area contributed by atoms with Crippen LogP contribution in [0.1, 0.15) is 31.2 Å². The summed E-state index contributed by atoms with van der Waals surface area (Å²) in [6, 6.07) is 12.1. The first-order valence-corrected chi connectivity index (χ1v) is 11.5. The third-order valence-electron chi connectivity index (χ3n) is 5.45. The Kier molecular flexibility index (Phi) is 7.10. The quantitative estimate of drug-likeness (QED) is 0.648. The van der Waals surface area contributed by atoms with Crippen molar-refractivity contribution >= 4 is 15.9 Å². The minimum Gasteiger partial charge on any atom is -0.497 e. The molecule has 30 heavy (non-hydrogen) atoms. The van der Waals surface area contributed by atoms with Crippen LogP contribution in [0.3, 0.4) is 0 Å². The maximum Gasteiger partial charge on any atom is 0.243 e. The maximum absolute atomic E-state index is 13.4. The standard InChI is InChI=1S/C22H27FN2O4S/c1-3-4-13-24-22(26)21-15-25(14-20(21)16-5-7-17(23)8-6-16)30(27,28)19-11-9-18(29-2)10-12-19/h5-12,20-21H,3-4,13-15H2,1-2H3,(H,24,26). The van der Waals surface area contributed by atoms with E-state index >= 15 is 0 Å². The van der Waals surface area contributed by atoms with E-state index in [9.17, 15) is 17.6 Å². The van der Waals surface area contributed by atoms with Gasteiger partial charge in [0.1, 0.15) is 11.6 Å². The summed E-state index contributed by atoms with van der Waals surface area (Å²) in [5, 5.41) is 2.91. The maximum atomic E-state index is 13.4. The first-order valence-electron chi connectivity index (χ1n) is 10.0. The summed E-state index contributed by atoms with van der Waals surface area (Å²) in [5.41, 5.74) is 0.750. The van der Waals surface area contributed by atoms with Crippen molar-refractivity contribution in [3.05, 3.63) is 59.9 Å². The number of nitrogens with zero attached hydrogens (tertiary/aromatic N) is 1. The monoisotopic (exact) mass is 434 g/mol. The van der Waals surface area contributed by atoms with Crippen molar-refractivity contribution in [1.29, 1.82) is 0 Å². The molecule has 0 aliphatic carbocycles. The summed E-state index contributed by atoms with van der Waals surface area (Å²) in [4.78, 5) is 13.0. The molecule has 1 fully saturated rings. The fourth-order valence-corrected chi connectivity index (χ4v) is 5.19. The van der Waals surface area contributed by atoms with Crippen molar-refractivity contribution in [2.45, 2.75) is 30.6 Å². The average Bonchev–Trinajstić information content (AvgIpc) is 3.21. The smallest absolute Gasteiger partial charge is 0.243 e. The van der Waals surface area contributed by atoms with Crippen molar-refractivity contribution in [2.75, 3.05) is 26.7 Å². The molecule has 0 bridgehead atoms. The minimum atomic E-state index is -3.78. The lowest BCUT2D eigenvalue weighted by Gasteiger charge is -2.18. The van der Waals surface area contributed by atoms with Gasteiger partial charge in [0.25, 0.3) is 0 Å². The molecule has 1 heterocycles. The van der Waals surface area contributed by atoms with Gasteiger partial charge in [-0.15, -0.1) is 0 Å². The Morgan fingerprint density at radius 1 is 1.13 bits per heavy atom. The first-order chi connectivity index (χ1) is 14.4. The van der Waals surface area contributed by atoms with Crippen LogP contribution in [-0.4, -0.2) is 45.4 Å². The SMILES string of the molecule is CCCCNC(=O)C1CN(S(=O)(=O)c2ccc(OC)cc2)CC1c1ccc(F)cc1. The van der Waals surface area contributed by atoms with Crippen LogP contribution in [0.25, 0.3) is 0 Å². The molecule has 1 aliphatic heterocycles.